The number of nitrogens with zero attached hydrogens (tertiary/aromatic N) is 3. The zero-order valence-electron chi connectivity index (χ0n) is 15.5. The van der Waals surface area contributed by atoms with Crippen molar-refractivity contribution in [2.24, 2.45) is 0 Å². The minimum atomic E-state index is -0.0891. The summed E-state index contributed by atoms with van der Waals surface area (Å²) < 4.78 is 5.46. The van der Waals surface area contributed by atoms with Crippen LogP contribution in [0.2, 0.25) is 0 Å². The highest BCUT2D eigenvalue weighted by atomic mass is 16.5. The number of ether oxygens (including phenoxy) is 1. The lowest BCUT2D eigenvalue weighted by Gasteiger charge is -2.34. The van der Waals surface area contributed by atoms with Crippen molar-refractivity contribution in [2.75, 3.05) is 44.7 Å². The van der Waals surface area contributed by atoms with Gasteiger partial charge in [0.1, 0.15) is 17.3 Å². The highest BCUT2D eigenvalue weighted by Crippen LogP contribution is 2.23. The molecule has 7 nitrogen and oxygen atoms in total. The van der Waals surface area contributed by atoms with Gasteiger partial charge in [0.05, 0.1) is 13.2 Å². The van der Waals surface area contributed by atoms with E-state index in [4.69, 9.17) is 9.72 Å². The molecule has 1 aromatic heterocycles. The number of amides is 1. The highest BCUT2D eigenvalue weighted by Gasteiger charge is 2.25. The Morgan fingerprint density at radius 1 is 1.28 bits per heavy atom. The number of hydrogen-bond acceptors (Lipinski definition) is 6. The van der Waals surface area contributed by atoms with E-state index in [0.29, 0.717) is 18.3 Å². The predicted octanol–water partition coefficient (Wildman–Crippen LogP) is 1.41. The summed E-state index contributed by atoms with van der Waals surface area (Å²) in [4.78, 5) is 23.9. The van der Waals surface area contributed by atoms with Crippen LogP contribution in [-0.2, 0) is 11.2 Å². The van der Waals surface area contributed by atoms with Crippen molar-refractivity contribution < 1.29 is 9.53 Å². The van der Waals surface area contributed by atoms with E-state index < -0.39 is 0 Å². The van der Waals surface area contributed by atoms with Crippen LogP contribution in [-0.4, -0.2) is 66.2 Å². The summed E-state index contributed by atoms with van der Waals surface area (Å²) >= 11 is 0. The maximum Gasteiger partial charge on any atom is 0.270 e. The molecular formula is C18H29N5O2. The number of morpholine rings is 1. The SMILES string of the molecule is CCC(CNc1nc(C(C)C)nc2c1CCNC2=O)N1CCOCC1. The molecule has 0 aliphatic carbocycles. The first-order chi connectivity index (χ1) is 12.1. The first-order valence-corrected chi connectivity index (χ1v) is 9.34. The van der Waals surface area contributed by atoms with Gasteiger partial charge in [-0.1, -0.05) is 20.8 Å². The summed E-state index contributed by atoms with van der Waals surface area (Å²) in [6.07, 6.45) is 1.84. The van der Waals surface area contributed by atoms with E-state index in [2.05, 4.69) is 41.3 Å². The Balaban J connectivity index is 1.79. The van der Waals surface area contributed by atoms with Crippen LogP contribution in [0.1, 0.15) is 55.0 Å². The molecule has 7 heteroatoms. The van der Waals surface area contributed by atoms with Gasteiger partial charge in [0.2, 0.25) is 0 Å². The fourth-order valence-electron chi connectivity index (χ4n) is 3.40. The van der Waals surface area contributed by atoms with Gasteiger partial charge in [-0.2, -0.15) is 0 Å². The molecular weight excluding hydrogens is 318 g/mol. The van der Waals surface area contributed by atoms with Gasteiger partial charge in [-0.05, 0) is 12.8 Å². The molecule has 3 rings (SSSR count). The summed E-state index contributed by atoms with van der Waals surface area (Å²) in [5.41, 5.74) is 1.48. The zero-order chi connectivity index (χ0) is 17.8. The molecule has 2 aliphatic heterocycles. The van der Waals surface area contributed by atoms with Gasteiger partial charge in [-0.15, -0.1) is 0 Å². The van der Waals surface area contributed by atoms with Crippen LogP contribution in [0.5, 0.6) is 0 Å². The Morgan fingerprint density at radius 2 is 2.04 bits per heavy atom. The molecule has 1 amide bonds. The Labute approximate surface area is 149 Å². The van der Waals surface area contributed by atoms with Gasteiger partial charge in [0, 0.05) is 43.7 Å². The molecule has 25 heavy (non-hydrogen) atoms. The number of rotatable bonds is 6. The van der Waals surface area contributed by atoms with Crippen LogP contribution in [0.3, 0.4) is 0 Å². The van der Waals surface area contributed by atoms with Gasteiger partial charge in [-0.25, -0.2) is 9.97 Å². The Kier molecular flexibility index (Phi) is 5.86. The summed E-state index contributed by atoms with van der Waals surface area (Å²) in [6, 6.07) is 0.439. The average molecular weight is 347 g/mol. The number of nitrogens with one attached hydrogen (secondary N) is 2. The van der Waals surface area contributed by atoms with Crippen LogP contribution < -0.4 is 10.6 Å². The van der Waals surface area contributed by atoms with Crippen molar-refractivity contribution in [2.45, 2.75) is 45.6 Å². The molecule has 3 heterocycles. The molecule has 1 atom stereocenters. The number of anilines is 1. The summed E-state index contributed by atoms with van der Waals surface area (Å²) in [5.74, 6) is 1.64. The number of carbonyl (C=O) groups is 1. The summed E-state index contributed by atoms with van der Waals surface area (Å²) in [6.45, 7) is 11.3. The Bertz CT molecular complexity index is 614. The molecule has 1 aromatic rings. The molecule has 0 radical (unpaired) electrons. The minimum Gasteiger partial charge on any atom is -0.379 e. The topological polar surface area (TPSA) is 79.4 Å². The predicted molar refractivity (Wildman–Crippen MR) is 97.1 cm³/mol. The largest absolute Gasteiger partial charge is 0.379 e. The monoisotopic (exact) mass is 347 g/mol. The fraction of sp³-hybridized carbons (Fsp3) is 0.722. The van der Waals surface area contributed by atoms with Gasteiger partial charge >= 0.3 is 0 Å². The van der Waals surface area contributed by atoms with Crippen molar-refractivity contribution in [3.8, 4) is 0 Å². The minimum absolute atomic E-state index is 0.0891. The molecule has 0 spiro atoms. The maximum absolute atomic E-state index is 12.2. The third-order valence-corrected chi connectivity index (χ3v) is 4.95. The van der Waals surface area contributed by atoms with Crippen LogP contribution in [0, 0.1) is 0 Å². The third kappa shape index (κ3) is 4.10. The van der Waals surface area contributed by atoms with E-state index in [-0.39, 0.29) is 11.8 Å². The van der Waals surface area contributed by atoms with E-state index in [1.165, 1.54) is 0 Å². The second-order valence-electron chi connectivity index (χ2n) is 7.01. The molecule has 0 bridgehead atoms. The molecule has 1 unspecified atom stereocenters. The molecule has 1 fully saturated rings. The van der Waals surface area contributed by atoms with Crippen LogP contribution in [0.25, 0.3) is 0 Å². The second-order valence-corrected chi connectivity index (χ2v) is 7.01. The van der Waals surface area contributed by atoms with E-state index in [1.54, 1.807) is 0 Å². The second kappa shape index (κ2) is 8.10. The highest BCUT2D eigenvalue weighted by molar-refractivity contribution is 5.96. The van der Waals surface area contributed by atoms with Crippen molar-refractivity contribution in [3.63, 3.8) is 0 Å². The molecule has 138 valence electrons. The molecule has 1 saturated heterocycles. The summed E-state index contributed by atoms with van der Waals surface area (Å²) in [7, 11) is 0. The first kappa shape index (κ1) is 18.1. The van der Waals surface area contributed by atoms with Crippen molar-refractivity contribution in [1.29, 1.82) is 0 Å². The van der Waals surface area contributed by atoms with Gasteiger partial charge in [-0.3, -0.25) is 9.69 Å². The van der Waals surface area contributed by atoms with Gasteiger partial charge in [0.15, 0.2) is 0 Å². The quantitative estimate of drug-likeness (QED) is 0.810. The van der Waals surface area contributed by atoms with Crippen LogP contribution >= 0.6 is 0 Å². The van der Waals surface area contributed by atoms with E-state index in [0.717, 1.165) is 62.9 Å². The standard InChI is InChI=1S/C18H29N5O2/c1-4-13(23-7-9-25-10-8-23)11-20-17-14-5-6-19-18(24)15(14)21-16(22-17)12(2)3/h12-13H,4-11H2,1-3H3,(H,19,24)(H,20,21,22). The molecule has 0 aromatic carbocycles. The number of fused-ring (bicyclic) bond motifs is 1. The average Bonchev–Trinajstić information content (AvgIpc) is 2.63. The van der Waals surface area contributed by atoms with E-state index >= 15 is 0 Å². The normalized spacial score (nSPS) is 19.4. The van der Waals surface area contributed by atoms with Crippen LogP contribution in [0.4, 0.5) is 5.82 Å². The third-order valence-electron chi connectivity index (χ3n) is 4.95. The van der Waals surface area contributed by atoms with Crippen LogP contribution in [0.15, 0.2) is 0 Å². The van der Waals surface area contributed by atoms with Crippen molar-refractivity contribution >= 4 is 11.7 Å². The number of hydrogen-bond donors (Lipinski definition) is 2. The van der Waals surface area contributed by atoms with Gasteiger partial charge in [0.25, 0.3) is 5.91 Å². The number of aromatic nitrogens is 2. The fourth-order valence-corrected chi connectivity index (χ4v) is 3.40. The Hall–Kier alpha value is -1.73. The molecule has 2 aliphatic rings. The van der Waals surface area contributed by atoms with E-state index in [9.17, 15) is 4.79 Å². The molecule has 2 N–H and O–H groups in total. The first-order valence-electron chi connectivity index (χ1n) is 9.34. The van der Waals surface area contributed by atoms with Gasteiger partial charge < -0.3 is 15.4 Å². The van der Waals surface area contributed by atoms with Crippen molar-refractivity contribution in [3.05, 3.63) is 17.1 Å². The lowest BCUT2D eigenvalue weighted by molar-refractivity contribution is 0.0184. The lowest BCUT2D eigenvalue weighted by Crippen LogP contribution is -2.46. The Morgan fingerprint density at radius 3 is 2.72 bits per heavy atom. The summed E-state index contributed by atoms with van der Waals surface area (Å²) in [5, 5.41) is 6.40. The zero-order valence-corrected chi connectivity index (χ0v) is 15.5. The lowest BCUT2D eigenvalue weighted by atomic mass is 10.0. The van der Waals surface area contributed by atoms with Crippen molar-refractivity contribution in [1.82, 2.24) is 20.2 Å². The maximum atomic E-state index is 12.2. The smallest absolute Gasteiger partial charge is 0.270 e. The van der Waals surface area contributed by atoms with E-state index in [1.807, 2.05) is 0 Å². The molecule has 0 saturated carbocycles. The number of carbonyl (C=O) groups excluding carboxylic acids is 1.